The number of anilines is 1. The zero-order valence-corrected chi connectivity index (χ0v) is 13.2. The first-order valence-corrected chi connectivity index (χ1v) is 7.89. The fraction of sp³-hybridized carbons (Fsp3) is 0.278. The molecule has 1 N–H and O–H groups in total. The monoisotopic (exact) mass is 323 g/mol. The molecule has 3 atom stereocenters. The lowest BCUT2D eigenvalue weighted by Crippen LogP contribution is -2.30. The lowest BCUT2D eigenvalue weighted by Gasteiger charge is -2.37. The Kier molecular flexibility index (Phi) is 3.45. The van der Waals surface area contributed by atoms with Gasteiger partial charge in [-0.05, 0) is 36.1 Å². The van der Waals surface area contributed by atoms with Gasteiger partial charge in [0.1, 0.15) is 5.75 Å². The number of pyridine rings is 1. The smallest absolute Gasteiger partial charge is 0.275 e. The summed E-state index contributed by atoms with van der Waals surface area (Å²) in [4.78, 5) is 15.3. The summed E-state index contributed by atoms with van der Waals surface area (Å²) in [5.74, 6) is 0.883. The Morgan fingerprint density at radius 2 is 2.08 bits per heavy atom. The molecule has 1 aliphatic carbocycles. The van der Waals surface area contributed by atoms with E-state index in [1.165, 1.54) is 6.07 Å². The van der Waals surface area contributed by atoms with E-state index in [0.717, 1.165) is 23.2 Å². The molecule has 6 nitrogen and oxygen atoms in total. The van der Waals surface area contributed by atoms with Gasteiger partial charge in [-0.3, -0.25) is 15.1 Å². The fourth-order valence-electron chi connectivity index (χ4n) is 3.89. The third kappa shape index (κ3) is 2.14. The average Bonchev–Trinajstić information content (AvgIpc) is 3.10. The van der Waals surface area contributed by atoms with Crippen LogP contribution in [0.4, 0.5) is 11.4 Å². The minimum absolute atomic E-state index is 0.00918. The molecule has 1 aliphatic heterocycles. The molecule has 2 aromatic rings. The van der Waals surface area contributed by atoms with Crippen LogP contribution in [-0.2, 0) is 0 Å². The fourth-order valence-corrected chi connectivity index (χ4v) is 3.89. The molecule has 122 valence electrons. The summed E-state index contributed by atoms with van der Waals surface area (Å²) in [5.41, 5.74) is 2.72. The van der Waals surface area contributed by atoms with Crippen LogP contribution < -0.4 is 10.1 Å². The standard InChI is InChI=1S/C18H17N3O3/c1-24-15-6-5-14(21(22)23)16-12-3-2-4-13(12)17(20-18(15)16)11-7-9-19-10-8-11/h2-3,5-10,12-13,17,20H,4H2,1H3/t12-,13-,17-/m1/s1. The van der Waals surface area contributed by atoms with Gasteiger partial charge in [-0.25, -0.2) is 0 Å². The number of hydrogen-bond donors (Lipinski definition) is 1. The van der Waals surface area contributed by atoms with Gasteiger partial charge in [-0.15, -0.1) is 0 Å². The number of nitro benzene ring substituents is 1. The largest absolute Gasteiger partial charge is 0.495 e. The summed E-state index contributed by atoms with van der Waals surface area (Å²) in [5, 5.41) is 15.0. The number of fused-ring (bicyclic) bond motifs is 3. The van der Waals surface area contributed by atoms with E-state index in [9.17, 15) is 10.1 Å². The summed E-state index contributed by atoms with van der Waals surface area (Å²) in [7, 11) is 1.58. The third-order valence-electron chi connectivity index (χ3n) is 4.94. The van der Waals surface area contributed by atoms with Crippen molar-refractivity contribution < 1.29 is 9.66 Å². The number of nitro groups is 1. The molecule has 2 heterocycles. The van der Waals surface area contributed by atoms with Gasteiger partial charge in [0.05, 0.1) is 29.3 Å². The molecule has 0 radical (unpaired) electrons. The van der Waals surface area contributed by atoms with Crippen LogP contribution in [0.1, 0.15) is 29.5 Å². The van der Waals surface area contributed by atoms with E-state index in [4.69, 9.17) is 4.74 Å². The maximum Gasteiger partial charge on any atom is 0.275 e. The highest BCUT2D eigenvalue weighted by atomic mass is 16.6. The second-order valence-electron chi connectivity index (χ2n) is 6.09. The molecule has 0 bridgehead atoms. The van der Waals surface area contributed by atoms with Gasteiger partial charge in [0, 0.05) is 24.4 Å². The van der Waals surface area contributed by atoms with Crippen LogP contribution in [0.2, 0.25) is 0 Å². The van der Waals surface area contributed by atoms with Gasteiger partial charge in [-0.2, -0.15) is 0 Å². The minimum Gasteiger partial charge on any atom is -0.495 e. The summed E-state index contributed by atoms with van der Waals surface area (Å²) < 4.78 is 5.46. The number of allylic oxidation sites excluding steroid dienone is 2. The van der Waals surface area contributed by atoms with Gasteiger partial charge in [0.25, 0.3) is 5.69 Å². The van der Waals surface area contributed by atoms with E-state index >= 15 is 0 Å². The molecule has 0 amide bonds. The Labute approximate surface area is 139 Å². The molecule has 0 saturated heterocycles. The van der Waals surface area contributed by atoms with Crippen molar-refractivity contribution in [1.82, 2.24) is 4.98 Å². The van der Waals surface area contributed by atoms with Gasteiger partial charge in [0.15, 0.2) is 0 Å². The molecule has 0 fully saturated rings. The quantitative estimate of drug-likeness (QED) is 0.528. The van der Waals surface area contributed by atoms with Crippen LogP contribution in [0.25, 0.3) is 0 Å². The molecule has 24 heavy (non-hydrogen) atoms. The Morgan fingerprint density at radius 3 is 2.79 bits per heavy atom. The maximum absolute atomic E-state index is 11.5. The van der Waals surface area contributed by atoms with Gasteiger partial charge in [-0.1, -0.05) is 12.2 Å². The zero-order valence-electron chi connectivity index (χ0n) is 13.2. The van der Waals surface area contributed by atoms with E-state index in [1.807, 2.05) is 12.1 Å². The summed E-state index contributed by atoms with van der Waals surface area (Å²) >= 11 is 0. The zero-order chi connectivity index (χ0) is 16.7. The van der Waals surface area contributed by atoms with Crippen LogP contribution in [0.3, 0.4) is 0 Å². The molecular weight excluding hydrogens is 306 g/mol. The summed E-state index contributed by atoms with van der Waals surface area (Å²) in [6.07, 6.45) is 8.64. The van der Waals surface area contributed by atoms with Crippen molar-refractivity contribution in [3.63, 3.8) is 0 Å². The van der Waals surface area contributed by atoms with Crippen LogP contribution in [0.15, 0.2) is 48.8 Å². The van der Waals surface area contributed by atoms with E-state index in [1.54, 1.807) is 25.6 Å². The highest BCUT2D eigenvalue weighted by Crippen LogP contribution is 2.54. The molecule has 2 aliphatic rings. The lowest BCUT2D eigenvalue weighted by molar-refractivity contribution is -0.385. The number of hydrogen-bond acceptors (Lipinski definition) is 5. The Hall–Kier alpha value is -2.89. The number of nitrogens with one attached hydrogen (secondary N) is 1. The SMILES string of the molecule is COc1ccc([N+](=O)[O-])c2c1N[C@H](c1ccncc1)[C@@H]1CC=C[C@@H]21. The van der Waals surface area contributed by atoms with Gasteiger partial charge in [0.2, 0.25) is 0 Å². The molecule has 4 rings (SSSR count). The van der Waals surface area contributed by atoms with Crippen molar-refractivity contribution in [2.45, 2.75) is 18.4 Å². The summed E-state index contributed by atoms with van der Waals surface area (Å²) in [6.45, 7) is 0. The van der Waals surface area contributed by atoms with Crippen molar-refractivity contribution in [2.24, 2.45) is 5.92 Å². The van der Waals surface area contributed by atoms with Gasteiger partial charge >= 0.3 is 0 Å². The first kappa shape index (κ1) is 14.7. The highest BCUT2D eigenvalue weighted by molar-refractivity contribution is 5.73. The second-order valence-corrected chi connectivity index (χ2v) is 6.09. The Balaban J connectivity index is 1.90. The first-order chi connectivity index (χ1) is 11.7. The number of nitrogens with zero attached hydrogens (tertiary/aromatic N) is 2. The van der Waals surface area contributed by atoms with Crippen molar-refractivity contribution in [1.29, 1.82) is 0 Å². The number of methoxy groups -OCH3 is 1. The van der Waals surface area contributed by atoms with E-state index in [0.29, 0.717) is 5.75 Å². The molecule has 0 spiro atoms. The minimum atomic E-state index is -0.310. The lowest BCUT2D eigenvalue weighted by atomic mass is 9.76. The molecule has 0 saturated carbocycles. The van der Waals surface area contributed by atoms with Crippen LogP contribution in [0, 0.1) is 16.0 Å². The van der Waals surface area contributed by atoms with Crippen molar-refractivity contribution in [2.75, 3.05) is 12.4 Å². The Morgan fingerprint density at radius 1 is 1.29 bits per heavy atom. The number of rotatable bonds is 3. The molecular formula is C18H17N3O3. The average molecular weight is 323 g/mol. The topological polar surface area (TPSA) is 77.3 Å². The van der Waals surface area contributed by atoms with Crippen LogP contribution in [-0.4, -0.2) is 17.0 Å². The number of aromatic nitrogens is 1. The van der Waals surface area contributed by atoms with Crippen LogP contribution in [0.5, 0.6) is 5.75 Å². The number of ether oxygens (including phenoxy) is 1. The van der Waals surface area contributed by atoms with Gasteiger partial charge < -0.3 is 10.1 Å². The maximum atomic E-state index is 11.5. The number of benzene rings is 1. The molecule has 0 unspecified atom stereocenters. The molecule has 6 heteroatoms. The third-order valence-corrected chi connectivity index (χ3v) is 4.94. The second kappa shape index (κ2) is 5.63. The van der Waals surface area contributed by atoms with Crippen LogP contribution >= 0.6 is 0 Å². The van der Waals surface area contributed by atoms with E-state index < -0.39 is 0 Å². The first-order valence-electron chi connectivity index (χ1n) is 7.89. The summed E-state index contributed by atoms with van der Waals surface area (Å²) in [6, 6.07) is 7.24. The predicted molar refractivity (Wildman–Crippen MR) is 90.2 cm³/mol. The van der Waals surface area contributed by atoms with Crippen molar-refractivity contribution >= 4 is 11.4 Å². The van der Waals surface area contributed by atoms with Crippen molar-refractivity contribution in [3.05, 3.63) is 70.1 Å². The highest BCUT2D eigenvalue weighted by Gasteiger charge is 2.42. The van der Waals surface area contributed by atoms with E-state index in [2.05, 4.69) is 22.5 Å². The molecule has 1 aromatic carbocycles. The normalized spacial score (nSPS) is 24.0. The van der Waals surface area contributed by atoms with E-state index in [-0.39, 0.29) is 28.5 Å². The Bertz CT molecular complexity index is 820. The van der Waals surface area contributed by atoms with Crippen molar-refractivity contribution in [3.8, 4) is 5.75 Å². The molecule has 1 aromatic heterocycles. The predicted octanol–water partition coefficient (Wildman–Crippen LogP) is 3.82.